The number of hydrogen-bond acceptors (Lipinski definition) is 1. The fourth-order valence-electron chi connectivity index (χ4n) is 3.55. The molecule has 5 rings (SSSR count). The van der Waals surface area contributed by atoms with Crippen LogP contribution in [0.25, 0.3) is 38.6 Å². The van der Waals surface area contributed by atoms with Crippen molar-refractivity contribution in [2.75, 3.05) is 0 Å². The van der Waals surface area contributed by atoms with E-state index in [1.165, 1.54) is 27.5 Å². The molecule has 0 amide bonds. The zero-order chi connectivity index (χ0) is 17.0. The number of aromatic nitrogens is 3. The number of nitrogens with one attached hydrogen (secondary N) is 1. The summed E-state index contributed by atoms with van der Waals surface area (Å²) in [5, 5.41) is 5.95. The number of H-pyrrole nitrogens is 1. The van der Waals surface area contributed by atoms with Crippen LogP contribution < -0.4 is 4.52 Å². The Kier molecular flexibility index (Phi) is 2.92. The number of benzene rings is 2. The average molecular weight is 324 g/mol. The molecule has 0 fully saturated rings. The molecular formula is C22H18N3+. The third-order valence-corrected chi connectivity index (χ3v) is 4.89. The van der Waals surface area contributed by atoms with E-state index in [1.54, 1.807) is 0 Å². The van der Waals surface area contributed by atoms with Gasteiger partial charge in [-0.05, 0) is 25.5 Å². The molecule has 0 aliphatic rings. The standard InChI is InChI=1S/C22H17N3/c1-14-7-9-16(10-8-14)21-15(2)13-20-22-18(11-12-25(20)24-21)17-5-3-4-6-19(17)23-22/h3-13H,1-2H3/p+1. The molecular weight excluding hydrogens is 306 g/mol. The van der Waals surface area contributed by atoms with Crippen molar-refractivity contribution in [1.82, 2.24) is 10.1 Å². The fraction of sp³-hybridized carbons (Fsp3) is 0.0909. The number of aryl methyl sites for hydroxylation is 2. The molecule has 0 saturated heterocycles. The summed E-state index contributed by atoms with van der Waals surface area (Å²) < 4.78 is 2.07. The Morgan fingerprint density at radius 3 is 2.52 bits per heavy atom. The maximum Gasteiger partial charge on any atom is 0.262 e. The average Bonchev–Trinajstić information content (AvgIpc) is 3.01. The lowest BCUT2D eigenvalue weighted by atomic mass is 10.1. The number of pyridine rings is 1. The van der Waals surface area contributed by atoms with E-state index < -0.39 is 0 Å². The van der Waals surface area contributed by atoms with Crippen LogP contribution in [0.1, 0.15) is 11.1 Å². The molecule has 0 spiro atoms. The summed E-state index contributed by atoms with van der Waals surface area (Å²) >= 11 is 0. The van der Waals surface area contributed by atoms with Crippen molar-refractivity contribution in [3.05, 3.63) is 78.0 Å². The molecule has 0 atom stereocenters. The Hall–Kier alpha value is -3.20. The molecule has 2 aromatic carbocycles. The van der Waals surface area contributed by atoms with Gasteiger partial charge in [0.15, 0.2) is 0 Å². The van der Waals surface area contributed by atoms with Crippen LogP contribution in [0.4, 0.5) is 0 Å². The van der Waals surface area contributed by atoms with Crippen LogP contribution in [0.5, 0.6) is 0 Å². The summed E-state index contributed by atoms with van der Waals surface area (Å²) in [5.41, 5.74) is 7.99. The highest BCUT2D eigenvalue weighted by molar-refractivity contribution is 6.11. The third kappa shape index (κ3) is 2.13. The minimum Gasteiger partial charge on any atom is -0.241 e. The van der Waals surface area contributed by atoms with Crippen LogP contribution in [0.15, 0.2) is 66.9 Å². The molecule has 25 heavy (non-hydrogen) atoms. The topological polar surface area (TPSA) is 32.8 Å². The lowest BCUT2D eigenvalue weighted by molar-refractivity contribution is -0.578. The summed E-state index contributed by atoms with van der Waals surface area (Å²) in [6.45, 7) is 4.26. The first-order chi connectivity index (χ1) is 12.2. The van der Waals surface area contributed by atoms with Crippen molar-refractivity contribution in [1.29, 1.82) is 0 Å². The largest absolute Gasteiger partial charge is 0.262 e. The SMILES string of the molecule is Cc1ccc(-c2[nH][n+]3ccc4c5ccccc5nc4c3cc2C)cc1. The smallest absolute Gasteiger partial charge is 0.241 e. The third-order valence-electron chi connectivity index (χ3n) is 4.89. The number of rotatable bonds is 1. The number of fused-ring (bicyclic) bond motifs is 5. The fourth-order valence-corrected chi connectivity index (χ4v) is 3.55. The van der Waals surface area contributed by atoms with Gasteiger partial charge in [0.25, 0.3) is 5.52 Å². The Morgan fingerprint density at radius 1 is 0.880 bits per heavy atom. The van der Waals surface area contributed by atoms with Gasteiger partial charge < -0.3 is 0 Å². The van der Waals surface area contributed by atoms with Crippen LogP contribution in [-0.4, -0.2) is 10.1 Å². The molecule has 0 radical (unpaired) electrons. The van der Waals surface area contributed by atoms with Crippen LogP contribution in [-0.2, 0) is 0 Å². The van der Waals surface area contributed by atoms with Crippen molar-refractivity contribution >= 4 is 27.3 Å². The number of aromatic amines is 1. The molecule has 0 unspecified atom stereocenters. The van der Waals surface area contributed by atoms with E-state index >= 15 is 0 Å². The minimum absolute atomic E-state index is 1.04. The van der Waals surface area contributed by atoms with Gasteiger partial charge >= 0.3 is 0 Å². The van der Waals surface area contributed by atoms with E-state index in [4.69, 9.17) is 4.98 Å². The monoisotopic (exact) mass is 324 g/mol. The van der Waals surface area contributed by atoms with Gasteiger partial charge in [0, 0.05) is 28.5 Å². The molecule has 3 nitrogen and oxygen atoms in total. The second-order valence-corrected chi connectivity index (χ2v) is 6.64. The van der Waals surface area contributed by atoms with Crippen molar-refractivity contribution in [2.24, 2.45) is 0 Å². The Bertz CT molecular complexity index is 1250. The number of para-hydroxylation sites is 1. The van der Waals surface area contributed by atoms with Gasteiger partial charge in [-0.1, -0.05) is 52.5 Å². The Morgan fingerprint density at radius 2 is 1.68 bits per heavy atom. The summed E-state index contributed by atoms with van der Waals surface area (Å²) in [4.78, 5) is 4.86. The molecule has 1 N–H and O–H groups in total. The molecule has 0 saturated carbocycles. The van der Waals surface area contributed by atoms with E-state index in [1.807, 2.05) is 6.07 Å². The quantitative estimate of drug-likeness (QED) is 0.444. The molecule has 0 aliphatic carbocycles. The second-order valence-electron chi connectivity index (χ2n) is 6.64. The zero-order valence-corrected chi connectivity index (χ0v) is 14.2. The van der Waals surface area contributed by atoms with Crippen molar-refractivity contribution in [3.8, 4) is 11.3 Å². The van der Waals surface area contributed by atoms with Crippen LogP contribution in [0.2, 0.25) is 0 Å². The van der Waals surface area contributed by atoms with Crippen LogP contribution >= 0.6 is 0 Å². The normalized spacial score (nSPS) is 11.6. The second kappa shape index (κ2) is 5.15. The van der Waals surface area contributed by atoms with E-state index in [-0.39, 0.29) is 0 Å². The highest BCUT2D eigenvalue weighted by Crippen LogP contribution is 2.28. The van der Waals surface area contributed by atoms with Crippen LogP contribution in [0, 0.1) is 13.8 Å². The van der Waals surface area contributed by atoms with Crippen molar-refractivity contribution < 1.29 is 4.52 Å². The summed E-state index contributed by atoms with van der Waals surface area (Å²) in [6.07, 6.45) is 2.09. The molecule has 3 aromatic heterocycles. The maximum atomic E-state index is 4.86. The molecule has 5 aromatic rings. The minimum atomic E-state index is 1.04. The summed E-state index contributed by atoms with van der Waals surface area (Å²) in [7, 11) is 0. The van der Waals surface area contributed by atoms with Gasteiger partial charge in [-0.15, -0.1) is 0 Å². The van der Waals surface area contributed by atoms with Crippen LogP contribution in [0.3, 0.4) is 0 Å². The first-order valence-electron chi connectivity index (χ1n) is 8.50. The molecule has 120 valence electrons. The molecule has 0 bridgehead atoms. The highest BCUT2D eigenvalue weighted by Gasteiger charge is 2.17. The zero-order valence-electron chi connectivity index (χ0n) is 14.2. The van der Waals surface area contributed by atoms with E-state index in [2.05, 4.69) is 84.3 Å². The van der Waals surface area contributed by atoms with Gasteiger partial charge in [0.1, 0.15) is 11.2 Å². The lowest BCUT2D eigenvalue weighted by Gasteiger charge is -2.05. The molecule has 3 heterocycles. The van der Waals surface area contributed by atoms with E-state index in [0.29, 0.717) is 0 Å². The Balaban J connectivity index is 1.82. The molecule has 3 heteroatoms. The lowest BCUT2D eigenvalue weighted by Crippen LogP contribution is -2.27. The van der Waals surface area contributed by atoms with Gasteiger partial charge in [0.05, 0.1) is 5.52 Å². The van der Waals surface area contributed by atoms with E-state index in [0.717, 1.165) is 22.2 Å². The number of hydrogen-bond donors (Lipinski definition) is 1. The van der Waals surface area contributed by atoms with Gasteiger partial charge in [-0.25, -0.2) is 4.98 Å². The Labute approximate surface area is 145 Å². The summed E-state index contributed by atoms with van der Waals surface area (Å²) in [6, 6.07) is 21.3. The highest BCUT2D eigenvalue weighted by atomic mass is 15.2. The van der Waals surface area contributed by atoms with Gasteiger partial charge in [-0.3, -0.25) is 0 Å². The predicted octanol–water partition coefficient (Wildman–Crippen LogP) is 4.74. The predicted molar refractivity (Wildman–Crippen MR) is 102 cm³/mol. The van der Waals surface area contributed by atoms with Crippen molar-refractivity contribution in [3.63, 3.8) is 0 Å². The van der Waals surface area contributed by atoms with Gasteiger partial charge in [-0.2, -0.15) is 5.10 Å². The van der Waals surface area contributed by atoms with Crippen molar-refractivity contribution in [2.45, 2.75) is 13.8 Å². The first-order valence-corrected chi connectivity index (χ1v) is 8.50. The maximum absolute atomic E-state index is 4.86. The molecule has 0 aliphatic heterocycles. The van der Waals surface area contributed by atoms with Gasteiger partial charge in [0.2, 0.25) is 6.20 Å². The van der Waals surface area contributed by atoms with E-state index in [9.17, 15) is 0 Å². The summed E-state index contributed by atoms with van der Waals surface area (Å²) in [5.74, 6) is 0. The first kappa shape index (κ1) is 14.2. The number of nitrogens with zero attached hydrogens (tertiary/aromatic N) is 2.